The van der Waals surface area contributed by atoms with Crippen molar-refractivity contribution in [2.75, 3.05) is 19.8 Å². The number of hydrogen-bond acceptors (Lipinski definition) is 5. The van der Waals surface area contributed by atoms with E-state index in [9.17, 15) is 5.11 Å². The van der Waals surface area contributed by atoms with Gasteiger partial charge >= 0.3 is 0 Å². The third-order valence-corrected chi connectivity index (χ3v) is 4.74. The van der Waals surface area contributed by atoms with Crippen LogP contribution >= 0.6 is 11.3 Å². The van der Waals surface area contributed by atoms with Crippen LogP contribution in [0.1, 0.15) is 30.8 Å². The Morgan fingerprint density at radius 2 is 2.37 bits per heavy atom. The lowest BCUT2D eigenvalue weighted by molar-refractivity contribution is 0.0380. The maximum Gasteiger partial charge on any atom is 0.0897 e. The first kappa shape index (κ1) is 14.9. The fourth-order valence-corrected chi connectivity index (χ4v) is 2.87. The molecule has 1 fully saturated rings. The Morgan fingerprint density at radius 1 is 1.63 bits per heavy atom. The van der Waals surface area contributed by atoms with Gasteiger partial charge in [0.25, 0.3) is 0 Å². The molecule has 2 unspecified atom stereocenters. The standard InChI is InChI=1S/C14H24N2O2S/c1-10-12(19-9-16-10)4-5-18-8-11(17)7-15-13-6-14(13,2)3/h9,11,13,15,17H,4-8H2,1-3H3. The van der Waals surface area contributed by atoms with Crippen LogP contribution in [0.4, 0.5) is 0 Å². The van der Waals surface area contributed by atoms with Gasteiger partial charge in [-0.05, 0) is 18.8 Å². The van der Waals surface area contributed by atoms with E-state index in [0.717, 1.165) is 12.1 Å². The molecule has 1 aliphatic carbocycles. The Kier molecular flexibility index (Phi) is 4.95. The molecule has 2 rings (SSSR count). The SMILES string of the molecule is Cc1ncsc1CCOCC(O)CNC1CC1(C)C. The number of nitrogens with zero attached hydrogens (tertiary/aromatic N) is 1. The summed E-state index contributed by atoms with van der Waals surface area (Å²) in [5.74, 6) is 0. The van der Waals surface area contributed by atoms with Crippen molar-refractivity contribution in [1.82, 2.24) is 10.3 Å². The van der Waals surface area contributed by atoms with Gasteiger partial charge in [-0.15, -0.1) is 11.3 Å². The Balaban J connectivity index is 1.52. The molecule has 2 atom stereocenters. The molecule has 1 saturated carbocycles. The van der Waals surface area contributed by atoms with E-state index < -0.39 is 6.10 Å². The van der Waals surface area contributed by atoms with Crippen molar-refractivity contribution in [3.63, 3.8) is 0 Å². The molecule has 0 bridgehead atoms. The summed E-state index contributed by atoms with van der Waals surface area (Å²) in [4.78, 5) is 5.47. The summed E-state index contributed by atoms with van der Waals surface area (Å²) in [6, 6.07) is 0.557. The molecule has 19 heavy (non-hydrogen) atoms. The second kappa shape index (κ2) is 6.31. The van der Waals surface area contributed by atoms with Crippen LogP contribution in [0, 0.1) is 12.3 Å². The number of aliphatic hydroxyl groups is 1. The van der Waals surface area contributed by atoms with Crippen molar-refractivity contribution >= 4 is 11.3 Å². The van der Waals surface area contributed by atoms with Gasteiger partial charge in [-0.25, -0.2) is 4.98 Å². The minimum absolute atomic E-state index is 0.401. The zero-order chi connectivity index (χ0) is 13.9. The summed E-state index contributed by atoms with van der Waals surface area (Å²) in [5, 5.41) is 13.2. The third kappa shape index (κ3) is 4.53. The highest BCUT2D eigenvalue weighted by Gasteiger charge is 2.45. The van der Waals surface area contributed by atoms with Crippen LogP contribution in [0.3, 0.4) is 0 Å². The number of nitrogens with one attached hydrogen (secondary N) is 1. The van der Waals surface area contributed by atoms with Crippen molar-refractivity contribution in [1.29, 1.82) is 0 Å². The normalized spacial score (nSPS) is 22.4. The predicted molar refractivity (Wildman–Crippen MR) is 77.6 cm³/mol. The second-order valence-electron chi connectivity index (χ2n) is 5.99. The number of thiazole rings is 1. The van der Waals surface area contributed by atoms with Gasteiger partial charge in [0.05, 0.1) is 30.5 Å². The van der Waals surface area contributed by atoms with Crippen LogP contribution in [0.2, 0.25) is 0 Å². The van der Waals surface area contributed by atoms with Gasteiger partial charge in [-0.2, -0.15) is 0 Å². The smallest absolute Gasteiger partial charge is 0.0897 e. The Bertz CT molecular complexity index is 406. The number of rotatable bonds is 8. The third-order valence-electron chi connectivity index (χ3n) is 3.74. The molecule has 0 saturated heterocycles. The summed E-state index contributed by atoms with van der Waals surface area (Å²) < 4.78 is 5.52. The van der Waals surface area contributed by atoms with E-state index in [0.29, 0.717) is 31.2 Å². The summed E-state index contributed by atoms with van der Waals surface area (Å²) in [7, 11) is 0. The van der Waals surface area contributed by atoms with E-state index >= 15 is 0 Å². The quantitative estimate of drug-likeness (QED) is 0.714. The first-order valence-electron chi connectivity index (χ1n) is 6.87. The molecule has 1 heterocycles. The largest absolute Gasteiger partial charge is 0.389 e. The van der Waals surface area contributed by atoms with Gasteiger partial charge in [-0.1, -0.05) is 13.8 Å². The zero-order valence-corrected chi connectivity index (χ0v) is 12.8. The molecule has 0 aromatic carbocycles. The minimum atomic E-state index is -0.418. The van der Waals surface area contributed by atoms with Gasteiger partial charge in [-0.3, -0.25) is 0 Å². The maximum atomic E-state index is 9.81. The molecule has 0 aliphatic heterocycles. The minimum Gasteiger partial charge on any atom is -0.389 e. The molecular formula is C14H24N2O2S. The molecule has 0 amide bonds. The number of aromatic nitrogens is 1. The van der Waals surface area contributed by atoms with E-state index in [1.807, 2.05) is 12.4 Å². The summed E-state index contributed by atoms with van der Waals surface area (Å²) in [6.07, 6.45) is 1.66. The molecule has 0 radical (unpaired) electrons. The molecular weight excluding hydrogens is 260 g/mol. The van der Waals surface area contributed by atoms with Gasteiger partial charge in [0.15, 0.2) is 0 Å². The topological polar surface area (TPSA) is 54.4 Å². The van der Waals surface area contributed by atoms with E-state index in [-0.39, 0.29) is 0 Å². The molecule has 1 aromatic rings. The highest BCUT2D eigenvalue weighted by Crippen LogP contribution is 2.44. The van der Waals surface area contributed by atoms with Crippen molar-refractivity contribution in [3.05, 3.63) is 16.1 Å². The molecule has 108 valence electrons. The highest BCUT2D eigenvalue weighted by molar-refractivity contribution is 7.09. The van der Waals surface area contributed by atoms with Gasteiger partial charge < -0.3 is 15.2 Å². The molecule has 0 spiro atoms. The number of aliphatic hydroxyl groups excluding tert-OH is 1. The van der Waals surface area contributed by atoms with Crippen LogP contribution in [-0.4, -0.2) is 42.0 Å². The summed E-state index contributed by atoms with van der Waals surface area (Å²) in [5.41, 5.74) is 3.36. The zero-order valence-electron chi connectivity index (χ0n) is 12.0. The van der Waals surface area contributed by atoms with E-state index in [2.05, 4.69) is 24.1 Å². The van der Waals surface area contributed by atoms with Crippen LogP contribution in [-0.2, 0) is 11.2 Å². The van der Waals surface area contributed by atoms with E-state index in [4.69, 9.17) is 4.74 Å². The van der Waals surface area contributed by atoms with Gasteiger partial charge in [0.2, 0.25) is 0 Å². The fraction of sp³-hybridized carbons (Fsp3) is 0.786. The Morgan fingerprint density at radius 3 is 2.95 bits per heavy atom. The Hall–Kier alpha value is -0.490. The van der Waals surface area contributed by atoms with Crippen LogP contribution in [0.5, 0.6) is 0 Å². The molecule has 1 aliphatic rings. The summed E-state index contributed by atoms with van der Waals surface area (Å²) in [6.45, 7) is 8.17. The molecule has 5 heteroatoms. The molecule has 4 nitrogen and oxygen atoms in total. The van der Waals surface area contributed by atoms with Crippen molar-refractivity contribution in [2.45, 2.75) is 45.8 Å². The maximum absolute atomic E-state index is 9.81. The fourth-order valence-electron chi connectivity index (χ4n) is 2.10. The number of ether oxygens (including phenoxy) is 1. The predicted octanol–water partition coefficient (Wildman–Crippen LogP) is 1.76. The lowest BCUT2D eigenvalue weighted by atomic mass is 10.2. The van der Waals surface area contributed by atoms with Crippen molar-refractivity contribution in [2.24, 2.45) is 5.41 Å². The van der Waals surface area contributed by atoms with Gasteiger partial charge in [0, 0.05) is 23.9 Å². The Labute approximate surface area is 119 Å². The van der Waals surface area contributed by atoms with Crippen molar-refractivity contribution in [3.8, 4) is 0 Å². The number of aryl methyl sites for hydroxylation is 1. The van der Waals surface area contributed by atoms with E-state index in [1.54, 1.807) is 11.3 Å². The van der Waals surface area contributed by atoms with Crippen LogP contribution < -0.4 is 5.32 Å². The first-order valence-corrected chi connectivity index (χ1v) is 7.75. The summed E-state index contributed by atoms with van der Waals surface area (Å²) >= 11 is 1.66. The van der Waals surface area contributed by atoms with Crippen LogP contribution in [0.25, 0.3) is 0 Å². The molecule has 2 N–H and O–H groups in total. The highest BCUT2D eigenvalue weighted by atomic mass is 32.1. The lowest BCUT2D eigenvalue weighted by Crippen LogP contribution is -2.33. The van der Waals surface area contributed by atoms with E-state index in [1.165, 1.54) is 11.3 Å². The first-order chi connectivity index (χ1) is 8.99. The van der Waals surface area contributed by atoms with Crippen LogP contribution in [0.15, 0.2) is 5.51 Å². The molecule has 1 aromatic heterocycles. The average Bonchev–Trinajstić information content (AvgIpc) is 2.75. The van der Waals surface area contributed by atoms with Gasteiger partial charge in [0.1, 0.15) is 0 Å². The van der Waals surface area contributed by atoms with Crippen molar-refractivity contribution < 1.29 is 9.84 Å². The monoisotopic (exact) mass is 284 g/mol. The average molecular weight is 284 g/mol. The lowest BCUT2D eigenvalue weighted by Gasteiger charge is -2.13. The number of hydrogen-bond donors (Lipinski definition) is 2. The second-order valence-corrected chi connectivity index (χ2v) is 6.93.